The van der Waals surface area contributed by atoms with Gasteiger partial charge in [-0.3, -0.25) is 0 Å². The molecule has 94 valence electrons. The van der Waals surface area contributed by atoms with Crippen molar-refractivity contribution in [3.05, 3.63) is 0 Å². The number of nitrogens with one attached hydrogen (secondary N) is 2. The number of amides is 1. The number of carbonyl (C=O) groups excluding carboxylic acids is 1. The molecule has 0 atom stereocenters. The summed E-state index contributed by atoms with van der Waals surface area (Å²) in [6, 6.07) is 0.256. The van der Waals surface area contributed by atoms with Gasteiger partial charge in [0.2, 0.25) is 0 Å². The van der Waals surface area contributed by atoms with Gasteiger partial charge in [0.05, 0.1) is 6.61 Å². The van der Waals surface area contributed by atoms with E-state index < -0.39 is 0 Å². The van der Waals surface area contributed by atoms with Gasteiger partial charge in [0, 0.05) is 12.6 Å². The van der Waals surface area contributed by atoms with Crippen LogP contribution in [-0.2, 0) is 4.74 Å². The van der Waals surface area contributed by atoms with E-state index >= 15 is 0 Å². The van der Waals surface area contributed by atoms with Gasteiger partial charge < -0.3 is 20.5 Å². The molecule has 1 aliphatic rings. The Bertz CT molecular complexity index is 194. The van der Waals surface area contributed by atoms with Crippen LogP contribution >= 0.6 is 0 Å². The molecule has 3 N–H and O–H groups in total. The van der Waals surface area contributed by atoms with E-state index in [0.29, 0.717) is 6.61 Å². The highest BCUT2D eigenvalue weighted by molar-refractivity contribution is 5.67. The Hall–Kier alpha value is -0.810. The van der Waals surface area contributed by atoms with Crippen molar-refractivity contribution >= 4 is 6.09 Å². The molecule has 16 heavy (non-hydrogen) atoms. The summed E-state index contributed by atoms with van der Waals surface area (Å²) >= 11 is 0. The minimum Gasteiger partial charge on any atom is -0.450 e. The zero-order valence-electron chi connectivity index (χ0n) is 9.71. The van der Waals surface area contributed by atoms with Crippen LogP contribution in [0.5, 0.6) is 0 Å². The van der Waals surface area contributed by atoms with E-state index in [1.165, 1.54) is 0 Å². The predicted molar refractivity (Wildman–Crippen MR) is 61.3 cm³/mol. The van der Waals surface area contributed by atoms with Crippen LogP contribution in [0, 0.1) is 0 Å². The van der Waals surface area contributed by atoms with Crippen molar-refractivity contribution in [1.29, 1.82) is 0 Å². The van der Waals surface area contributed by atoms with E-state index in [1.54, 1.807) is 0 Å². The monoisotopic (exact) mass is 230 g/mol. The number of unbranched alkanes of at least 4 members (excludes halogenated alkanes) is 2. The van der Waals surface area contributed by atoms with E-state index in [-0.39, 0.29) is 18.7 Å². The second kappa shape index (κ2) is 8.35. The molecule has 0 saturated carbocycles. The number of rotatable bonds is 6. The van der Waals surface area contributed by atoms with Crippen LogP contribution in [0.25, 0.3) is 0 Å². The summed E-state index contributed by atoms with van der Waals surface area (Å²) < 4.78 is 5.04. The first-order valence-corrected chi connectivity index (χ1v) is 6.08. The summed E-state index contributed by atoms with van der Waals surface area (Å²) in [6.07, 6.45) is 4.13. The maximum Gasteiger partial charge on any atom is 0.407 e. The van der Waals surface area contributed by atoms with Crippen LogP contribution in [0.2, 0.25) is 0 Å². The Kier molecular flexibility index (Phi) is 6.92. The molecule has 5 heteroatoms. The number of alkyl carbamates (subject to hydrolysis) is 1. The maximum atomic E-state index is 11.3. The lowest BCUT2D eigenvalue weighted by Gasteiger charge is -2.23. The van der Waals surface area contributed by atoms with Gasteiger partial charge in [-0.25, -0.2) is 4.79 Å². The molecule has 1 heterocycles. The Morgan fingerprint density at radius 1 is 1.31 bits per heavy atom. The molecule has 0 aromatic heterocycles. The van der Waals surface area contributed by atoms with Gasteiger partial charge in [-0.05, 0) is 45.2 Å². The van der Waals surface area contributed by atoms with Crippen LogP contribution < -0.4 is 10.6 Å². The average molecular weight is 230 g/mol. The first kappa shape index (κ1) is 13.3. The summed E-state index contributed by atoms with van der Waals surface area (Å²) in [5, 5.41) is 14.7. The Balaban J connectivity index is 1.97. The molecule has 1 saturated heterocycles. The molecule has 0 radical (unpaired) electrons. The van der Waals surface area contributed by atoms with Gasteiger partial charge in [-0.15, -0.1) is 0 Å². The lowest BCUT2D eigenvalue weighted by molar-refractivity contribution is 0.137. The van der Waals surface area contributed by atoms with Crippen LogP contribution in [0.4, 0.5) is 4.79 Å². The fourth-order valence-electron chi connectivity index (χ4n) is 1.73. The quantitative estimate of drug-likeness (QED) is 0.585. The number of carbonyl (C=O) groups is 1. The molecular weight excluding hydrogens is 208 g/mol. The highest BCUT2D eigenvalue weighted by atomic mass is 16.5. The summed E-state index contributed by atoms with van der Waals surface area (Å²) in [6.45, 7) is 2.57. The SMILES string of the molecule is O=C(NC1CCNCC1)OCCCCCO. The topological polar surface area (TPSA) is 70.6 Å². The Labute approximate surface area is 96.6 Å². The van der Waals surface area contributed by atoms with E-state index in [0.717, 1.165) is 45.2 Å². The summed E-state index contributed by atoms with van der Waals surface area (Å²) in [5.74, 6) is 0. The number of piperidine rings is 1. The van der Waals surface area contributed by atoms with Crippen LogP contribution in [-0.4, -0.2) is 43.5 Å². The zero-order valence-corrected chi connectivity index (χ0v) is 9.71. The van der Waals surface area contributed by atoms with Crippen LogP contribution in [0.3, 0.4) is 0 Å². The molecule has 0 aliphatic carbocycles. The van der Waals surface area contributed by atoms with Gasteiger partial charge >= 0.3 is 6.09 Å². The number of aliphatic hydroxyl groups is 1. The molecule has 1 amide bonds. The molecule has 0 aromatic rings. The normalized spacial score (nSPS) is 17.1. The summed E-state index contributed by atoms with van der Waals surface area (Å²) in [4.78, 5) is 11.3. The summed E-state index contributed by atoms with van der Waals surface area (Å²) in [7, 11) is 0. The van der Waals surface area contributed by atoms with Crippen molar-refractivity contribution in [3.63, 3.8) is 0 Å². The van der Waals surface area contributed by atoms with Crippen molar-refractivity contribution in [1.82, 2.24) is 10.6 Å². The highest BCUT2D eigenvalue weighted by Gasteiger charge is 2.15. The molecule has 1 fully saturated rings. The van der Waals surface area contributed by atoms with Gasteiger partial charge in [0.25, 0.3) is 0 Å². The van der Waals surface area contributed by atoms with Crippen molar-refractivity contribution in [2.24, 2.45) is 0 Å². The minimum absolute atomic E-state index is 0.210. The van der Waals surface area contributed by atoms with E-state index in [2.05, 4.69) is 10.6 Å². The minimum atomic E-state index is -0.309. The fraction of sp³-hybridized carbons (Fsp3) is 0.909. The van der Waals surface area contributed by atoms with E-state index in [1.807, 2.05) is 0 Å². The number of hydrogen-bond donors (Lipinski definition) is 3. The highest BCUT2D eigenvalue weighted by Crippen LogP contribution is 2.02. The van der Waals surface area contributed by atoms with Gasteiger partial charge in [0.1, 0.15) is 0 Å². The number of aliphatic hydroxyl groups excluding tert-OH is 1. The second-order valence-corrected chi connectivity index (χ2v) is 4.09. The lowest BCUT2D eigenvalue weighted by Crippen LogP contribution is -2.42. The Morgan fingerprint density at radius 2 is 2.06 bits per heavy atom. The molecule has 0 unspecified atom stereocenters. The Morgan fingerprint density at radius 3 is 2.75 bits per heavy atom. The molecule has 1 aliphatic heterocycles. The van der Waals surface area contributed by atoms with Crippen LogP contribution in [0.15, 0.2) is 0 Å². The van der Waals surface area contributed by atoms with Gasteiger partial charge in [0.15, 0.2) is 0 Å². The van der Waals surface area contributed by atoms with Gasteiger partial charge in [-0.2, -0.15) is 0 Å². The third kappa shape index (κ3) is 5.92. The summed E-state index contributed by atoms with van der Waals surface area (Å²) in [5.41, 5.74) is 0. The third-order valence-electron chi connectivity index (χ3n) is 2.70. The molecule has 1 rings (SSSR count). The van der Waals surface area contributed by atoms with Crippen molar-refractivity contribution in [3.8, 4) is 0 Å². The number of ether oxygens (including phenoxy) is 1. The van der Waals surface area contributed by atoms with E-state index in [9.17, 15) is 4.79 Å². The average Bonchev–Trinajstić information content (AvgIpc) is 2.30. The first-order chi connectivity index (χ1) is 7.83. The standard InChI is InChI=1S/C11H22N2O3/c14-8-2-1-3-9-16-11(15)13-10-4-6-12-7-5-10/h10,12,14H,1-9H2,(H,13,15). The smallest absolute Gasteiger partial charge is 0.407 e. The van der Waals surface area contributed by atoms with Crippen molar-refractivity contribution < 1.29 is 14.6 Å². The second-order valence-electron chi connectivity index (χ2n) is 4.09. The van der Waals surface area contributed by atoms with Crippen molar-refractivity contribution in [2.45, 2.75) is 38.1 Å². The van der Waals surface area contributed by atoms with Gasteiger partial charge in [-0.1, -0.05) is 0 Å². The molecule has 0 bridgehead atoms. The maximum absolute atomic E-state index is 11.3. The largest absolute Gasteiger partial charge is 0.450 e. The fourth-order valence-corrected chi connectivity index (χ4v) is 1.73. The number of hydrogen-bond acceptors (Lipinski definition) is 4. The predicted octanol–water partition coefficient (Wildman–Crippen LogP) is 0.627. The third-order valence-corrected chi connectivity index (χ3v) is 2.70. The molecule has 0 aromatic carbocycles. The molecule has 0 spiro atoms. The lowest BCUT2D eigenvalue weighted by atomic mass is 10.1. The first-order valence-electron chi connectivity index (χ1n) is 6.08. The van der Waals surface area contributed by atoms with Crippen molar-refractivity contribution in [2.75, 3.05) is 26.3 Å². The molecular formula is C11H22N2O3. The van der Waals surface area contributed by atoms with E-state index in [4.69, 9.17) is 9.84 Å². The molecule has 5 nitrogen and oxygen atoms in total. The zero-order chi connectivity index (χ0) is 11.6. The van der Waals surface area contributed by atoms with Crippen LogP contribution in [0.1, 0.15) is 32.1 Å².